The number of hydrogen-bond acceptors (Lipinski definition) is 2. The van der Waals surface area contributed by atoms with Gasteiger partial charge in [0.1, 0.15) is 6.10 Å². The van der Waals surface area contributed by atoms with Crippen molar-refractivity contribution in [1.29, 1.82) is 0 Å². The van der Waals surface area contributed by atoms with E-state index in [1.165, 1.54) is 0 Å². The molecule has 11 heavy (non-hydrogen) atoms. The van der Waals surface area contributed by atoms with Crippen LogP contribution in [0.5, 0.6) is 0 Å². The molecule has 0 aromatic carbocycles. The second kappa shape index (κ2) is 3.37. The molecule has 0 saturated carbocycles. The number of hydrogen-bond donors (Lipinski definition) is 0. The Kier molecular flexibility index (Phi) is 2.47. The minimum absolute atomic E-state index is 0.0942. The lowest BCUT2D eigenvalue weighted by atomic mass is 10.2. The third-order valence-electron chi connectivity index (χ3n) is 1.59. The Labute approximate surface area is 66.5 Å². The topological polar surface area (TPSA) is 26.3 Å². The van der Waals surface area contributed by atoms with Gasteiger partial charge in [-0.15, -0.1) is 0 Å². The highest BCUT2D eigenvalue weighted by atomic mass is 16.5. The maximum atomic E-state index is 11.1. The molecule has 1 aliphatic rings. The first-order chi connectivity index (χ1) is 5.27. The Balaban J connectivity index is 2.65. The van der Waals surface area contributed by atoms with Crippen LogP contribution in [0.3, 0.4) is 0 Å². The lowest BCUT2D eigenvalue weighted by Gasteiger charge is -2.01. The van der Waals surface area contributed by atoms with Crippen LogP contribution in [0, 0.1) is 0 Å². The van der Waals surface area contributed by atoms with Crippen LogP contribution in [-0.4, -0.2) is 11.9 Å². The van der Waals surface area contributed by atoms with E-state index in [1.807, 2.05) is 13.0 Å². The molecule has 0 aliphatic carbocycles. The first-order valence-electron chi connectivity index (χ1n) is 3.80. The molecule has 1 aliphatic heterocycles. The summed E-state index contributed by atoms with van der Waals surface area (Å²) >= 11 is 0. The zero-order valence-electron chi connectivity index (χ0n) is 6.67. The van der Waals surface area contributed by atoms with E-state index in [4.69, 9.17) is 4.74 Å². The molecule has 0 spiro atoms. The summed E-state index contributed by atoms with van der Waals surface area (Å²) in [4.78, 5) is 11.1. The van der Waals surface area contributed by atoms with Crippen molar-refractivity contribution in [3.8, 4) is 0 Å². The molecule has 0 aromatic heterocycles. The van der Waals surface area contributed by atoms with Gasteiger partial charge in [-0.1, -0.05) is 19.6 Å². The van der Waals surface area contributed by atoms with Crippen LogP contribution < -0.4 is 0 Å². The van der Waals surface area contributed by atoms with Crippen molar-refractivity contribution in [2.24, 2.45) is 0 Å². The number of ketones is 1. The van der Waals surface area contributed by atoms with Crippen molar-refractivity contribution >= 4 is 5.78 Å². The largest absolute Gasteiger partial charge is 0.483 e. The second-order valence-corrected chi connectivity index (χ2v) is 2.50. The highest BCUT2D eigenvalue weighted by Crippen LogP contribution is 2.20. The Morgan fingerprint density at radius 2 is 2.55 bits per heavy atom. The van der Waals surface area contributed by atoms with Gasteiger partial charge in [-0.25, -0.2) is 0 Å². The van der Waals surface area contributed by atoms with Gasteiger partial charge in [-0.2, -0.15) is 0 Å². The molecule has 0 aromatic rings. The van der Waals surface area contributed by atoms with Crippen LogP contribution in [0.2, 0.25) is 0 Å². The minimum atomic E-state index is -0.0969. The molecule has 1 atom stereocenters. The predicted molar refractivity (Wildman–Crippen MR) is 43.1 cm³/mol. The Morgan fingerprint density at radius 1 is 1.82 bits per heavy atom. The quantitative estimate of drug-likeness (QED) is 0.445. The summed E-state index contributed by atoms with van der Waals surface area (Å²) in [5, 5.41) is 0. The molecule has 0 bridgehead atoms. The third kappa shape index (κ3) is 1.70. The Bertz CT molecular complexity index is 204. The highest BCUT2D eigenvalue weighted by Gasteiger charge is 2.25. The van der Waals surface area contributed by atoms with Crippen LogP contribution in [0.1, 0.15) is 19.8 Å². The normalized spacial score (nSPS) is 27.2. The molecule has 60 valence electrons. The van der Waals surface area contributed by atoms with Crippen molar-refractivity contribution in [1.82, 2.24) is 0 Å². The summed E-state index contributed by atoms with van der Waals surface area (Å²) in [7, 11) is 0. The van der Waals surface area contributed by atoms with E-state index in [0.717, 1.165) is 6.42 Å². The van der Waals surface area contributed by atoms with Gasteiger partial charge in [0, 0.05) is 0 Å². The molecule has 0 amide bonds. The second-order valence-electron chi connectivity index (χ2n) is 2.50. The number of rotatable bonds is 2. The maximum absolute atomic E-state index is 11.1. The van der Waals surface area contributed by atoms with Crippen LogP contribution >= 0.6 is 0 Å². The number of carbonyl (C=O) groups is 1. The summed E-state index contributed by atoms with van der Waals surface area (Å²) in [5.74, 6) is 0.606. The van der Waals surface area contributed by atoms with Crippen molar-refractivity contribution in [3.63, 3.8) is 0 Å². The highest BCUT2D eigenvalue weighted by molar-refractivity contribution is 5.95. The first-order valence-corrected chi connectivity index (χ1v) is 3.80. The summed E-state index contributed by atoms with van der Waals surface area (Å²) in [6, 6.07) is 0. The fourth-order valence-corrected chi connectivity index (χ4v) is 1.03. The summed E-state index contributed by atoms with van der Waals surface area (Å²) in [5.41, 5.74) is 0. The lowest BCUT2D eigenvalue weighted by Crippen LogP contribution is -1.97. The zero-order valence-corrected chi connectivity index (χ0v) is 6.67. The van der Waals surface area contributed by atoms with Gasteiger partial charge in [0.05, 0.1) is 6.42 Å². The van der Waals surface area contributed by atoms with Crippen molar-refractivity contribution < 1.29 is 9.53 Å². The first kappa shape index (κ1) is 8.05. The fourth-order valence-electron chi connectivity index (χ4n) is 1.03. The van der Waals surface area contributed by atoms with Crippen LogP contribution in [0.4, 0.5) is 0 Å². The number of ether oxygens (including phenoxy) is 1. The molecule has 2 nitrogen and oxygen atoms in total. The zero-order chi connectivity index (χ0) is 8.27. The SMILES string of the molecule is C=CC1CC(=O)C(=CCC)O1. The molecule has 0 N–H and O–H groups in total. The smallest absolute Gasteiger partial charge is 0.201 e. The van der Waals surface area contributed by atoms with Crippen molar-refractivity contribution in [3.05, 3.63) is 24.5 Å². The number of carbonyl (C=O) groups excluding carboxylic acids is 1. The van der Waals surface area contributed by atoms with E-state index >= 15 is 0 Å². The summed E-state index contributed by atoms with van der Waals surface area (Å²) in [6.07, 6.45) is 4.67. The van der Waals surface area contributed by atoms with Gasteiger partial charge in [-0.3, -0.25) is 4.79 Å². The van der Waals surface area contributed by atoms with E-state index in [1.54, 1.807) is 6.08 Å². The van der Waals surface area contributed by atoms with E-state index in [0.29, 0.717) is 12.2 Å². The molecule has 1 rings (SSSR count). The molecule has 1 saturated heterocycles. The van der Waals surface area contributed by atoms with Crippen LogP contribution in [0.25, 0.3) is 0 Å². The maximum Gasteiger partial charge on any atom is 0.201 e. The molecule has 1 unspecified atom stereocenters. The monoisotopic (exact) mass is 152 g/mol. The average molecular weight is 152 g/mol. The van der Waals surface area contributed by atoms with Gasteiger partial charge in [0.15, 0.2) is 5.76 Å². The van der Waals surface area contributed by atoms with E-state index < -0.39 is 0 Å². The van der Waals surface area contributed by atoms with Crippen LogP contribution in [0.15, 0.2) is 24.5 Å². The van der Waals surface area contributed by atoms with Gasteiger partial charge in [0.25, 0.3) is 0 Å². The summed E-state index contributed by atoms with van der Waals surface area (Å²) < 4.78 is 5.26. The van der Waals surface area contributed by atoms with Crippen LogP contribution in [-0.2, 0) is 9.53 Å². The summed E-state index contributed by atoms with van der Waals surface area (Å²) in [6.45, 7) is 5.54. The van der Waals surface area contributed by atoms with Gasteiger partial charge in [0.2, 0.25) is 5.78 Å². The number of allylic oxidation sites excluding steroid dienone is 2. The third-order valence-corrected chi connectivity index (χ3v) is 1.59. The standard InChI is InChI=1S/C9H12O2/c1-3-5-9-8(10)6-7(4-2)11-9/h4-5,7H,2-3,6H2,1H3. The Morgan fingerprint density at radius 3 is 3.00 bits per heavy atom. The lowest BCUT2D eigenvalue weighted by molar-refractivity contribution is -0.115. The molecular formula is C9H12O2. The van der Waals surface area contributed by atoms with Gasteiger partial charge in [-0.05, 0) is 12.5 Å². The van der Waals surface area contributed by atoms with E-state index in [9.17, 15) is 4.79 Å². The molecule has 1 fully saturated rings. The van der Waals surface area contributed by atoms with Crippen molar-refractivity contribution in [2.45, 2.75) is 25.9 Å². The molecule has 2 heteroatoms. The van der Waals surface area contributed by atoms with Gasteiger partial charge < -0.3 is 4.74 Å². The molecule has 1 heterocycles. The van der Waals surface area contributed by atoms with Crippen molar-refractivity contribution in [2.75, 3.05) is 0 Å². The van der Waals surface area contributed by atoms with Gasteiger partial charge >= 0.3 is 0 Å². The van der Waals surface area contributed by atoms with E-state index in [2.05, 4.69) is 6.58 Å². The molecular weight excluding hydrogens is 140 g/mol. The Hall–Kier alpha value is -1.05. The number of Topliss-reactive ketones (excluding diaryl/α,β-unsaturated/α-hetero) is 1. The van der Waals surface area contributed by atoms with E-state index in [-0.39, 0.29) is 11.9 Å². The molecule has 0 radical (unpaired) electrons. The average Bonchev–Trinajstić information content (AvgIpc) is 2.33. The predicted octanol–water partition coefficient (Wildman–Crippen LogP) is 1.82. The minimum Gasteiger partial charge on any atom is -0.483 e. The fraction of sp³-hybridized carbons (Fsp3) is 0.444.